The van der Waals surface area contributed by atoms with Crippen molar-refractivity contribution in [3.05, 3.63) is 29.0 Å². The van der Waals surface area contributed by atoms with E-state index in [4.69, 9.17) is 11.6 Å². The van der Waals surface area contributed by atoms with Crippen LogP contribution in [0.5, 0.6) is 0 Å². The fourth-order valence-electron chi connectivity index (χ4n) is 2.70. The molecule has 8 heteroatoms. The van der Waals surface area contributed by atoms with E-state index in [1.165, 1.54) is 0 Å². The molecule has 2 heterocycles. The summed E-state index contributed by atoms with van der Waals surface area (Å²) >= 11 is 5.94. The van der Waals surface area contributed by atoms with Gasteiger partial charge in [-0.15, -0.1) is 24.8 Å². The van der Waals surface area contributed by atoms with Crippen molar-refractivity contribution in [2.45, 2.75) is 19.3 Å². The number of halogens is 3. The minimum absolute atomic E-state index is 0. The van der Waals surface area contributed by atoms with Crippen molar-refractivity contribution in [2.75, 3.05) is 19.6 Å². The van der Waals surface area contributed by atoms with Crippen LogP contribution in [0, 0.1) is 5.92 Å². The molecule has 1 aliphatic heterocycles. The molecule has 0 bridgehead atoms. The second kappa shape index (κ2) is 9.33. The Bertz CT molecular complexity index is 641. The van der Waals surface area contributed by atoms with Crippen molar-refractivity contribution in [3.8, 4) is 0 Å². The minimum atomic E-state index is 0. The SMILES string of the molecule is Cl.Cl.O=C(CC1CCNC1)NCCc1nc2ccc(Cl)cc2[nH]1. The van der Waals surface area contributed by atoms with Crippen LogP contribution in [0.3, 0.4) is 0 Å². The molecule has 1 fully saturated rings. The second-order valence-electron chi connectivity index (χ2n) is 5.51. The normalized spacial score (nSPS) is 16.7. The minimum Gasteiger partial charge on any atom is -0.356 e. The highest BCUT2D eigenvalue weighted by molar-refractivity contribution is 6.31. The Morgan fingerprint density at radius 2 is 2.22 bits per heavy atom. The Balaban J connectivity index is 0.00000132. The van der Waals surface area contributed by atoms with E-state index in [2.05, 4.69) is 20.6 Å². The fourth-order valence-corrected chi connectivity index (χ4v) is 2.87. The van der Waals surface area contributed by atoms with E-state index in [0.717, 1.165) is 36.4 Å². The molecule has 0 spiro atoms. The van der Waals surface area contributed by atoms with Crippen LogP contribution < -0.4 is 10.6 Å². The lowest BCUT2D eigenvalue weighted by molar-refractivity contribution is -0.121. The first-order valence-electron chi connectivity index (χ1n) is 7.32. The molecule has 1 amide bonds. The summed E-state index contributed by atoms with van der Waals surface area (Å²) in [6, 6.07) is 5.58. The largest absolute Gasteiger partial charge is 0.356 e. The fraction of sp³-hybridized carbons (Fsp3) is 0.467. The van der Waals surface area contributed by atoms with Crippen molar-refractivity contribution in [3.63, 3.8) is 0 Å². The summed E-state index contributed by atoms with van der Waals surface area (Å²) in [7, 11) is 0. The van der Waals surface area contributed by atoms with Gasteiger partial charge in [0.15, 0.2) is 0 Å². The van der Waals surface area contributed by atoms with Gasteiger partial charge in [0.25, 0.3) is 0 Å². The topological polar surface area (TPSA) is 69.8 Å². The van der Waals surface area contributed by atoms with E-state index in [1.807, 2.05) is 18.2 Å². The number of aromatic amines is 1. The first-order chi connectivity index (χ1) is 10.2. The Morgan fingerprint density at radius 1 is 1.39 bits per heavy atom. The molecule has 1 saturated heterocycles. The number of fused-ring (bicyclic) bond motifs is 1. The lowest BCUT2D eigenvalue weighted by atomic mass is 10.0. The zero-order valence-electron chi connectivity index (χ0n) is 12.6. The van der Waals surface area contributed by atoms with Crippen molar-refractivity contribution < 1.29 is 4.79 Å². The number of nitrogens with zero attached hydrogens (tertiary/aromatic N) is 1. The van der Waals surface area contributed by atoms with Crippen molar-refractivity contribution in [2.24, 2.45) is 5.92 Å². The van der Waals surface area contributed by atoms with Crippen molar-refractivity contribution in [1.82, 2.24) is 20.6 Å². The smallest absolute Gasteiger partial charge is 0.220 e. The molecule has 0 radical (unpaired) electrons. The number of rotatable bonds is 5. The summed E-state index contributed by atoms with van der Waals surface area (Å²) in [4.78, 5) is 19.5. The van der Waals surface area contributed by atoms with Crippen LogP contribution in [0.1, 0.15) is 18.7 Å². The molecule has 0 aliphatic carbocycles. The number of benzene rings is 1. The van der Waals surface area contributed by atoms with Crippen LogP contribution in [0.25, 0.3) is 11.0 Å². The van der Waals surface area contributed by atoms with Gasteiger partial charge in [-0.25, -0.2) is 4.98 Å². The molecular formula is C15H21Cl3N4O. The molecule has 3 N–H and O–H groups in total. The van der Waals surface area contributed by atoms with E-state index in [0.29, 0.717) is 30.3 Å². The van der Waals surface area contributed by atoms with Crippen LogP contribution in [-0.2, 0) is 11.2 Å². The number of hydrogen-bond donors (Lipinski definition) is 3. The van der Waals surface area contributed by atoms with E-state index in [9.17, 15) is 4.79 Å². The highest BCUT2D eigenvalue weighted by atomic mass is 35.5. The summed E-state index contributed by atoms with van der Waals surface area (Å²) in [5.74, 6) is 1.48. The number of H-pyrrole nitrogens is 1. The molecule has 1 aromatic heterocycles. The molecule has 5 nitrogen and oxygen atoms in total. The Hall–Kier alpha value is -1.01. The first-order valence-corrected chi connectivity index (χ1v) is 7.70. The molecule has 1 aromatic carbocycles. The summed E-state index contributed by atoms with van der Waals surface area (Å²) in [6.45, 7) is 2.59. The van der Waals surface area contributed by atoms with Crippen LogP contribution in [-0.4, -0.2) is 35.5 Å². The molecular weight excluding hydrogens is 359 g/mol. The molecule has 3 rings (SSSR count). The summed E-state index contributed by atoms with van der Waals surface area (Å²) < 4.78 is 0. The average Bonchev–Trinajstić information content (AvgIpc) is 3.07. The summed E-state index contributed by atoms with van der Waals surface area (Å²) in [5.41, 5.74) is 1.83. The molecule has 0 saturated carbocycles. The Labute approximate surface area is 152 Å². The Morgan fingerprint density at radius 3 is 2.96 bits per heavy atom. The monoisotopic (exact) mass is 378 g/mol. The summed E-state index contributed by atoms with van der Waals surface area (Å²) in [5, 5.41) is 6.93. The zero-order chi connectivity index (χ0) is 14.7. The van der Waals surface area contributed by atoms with Crippen LogP contribution >= 0.6 is 36.4 Å². The molecule has 1 atom stereocenters. The molecule has 2 aromatic rings. The number of hydrogen-bond acceptors (Lipinski definition) is 3. The number of amides is 1. The van der Waals surface area contributed by atoms with E-state index in [-0.39, 0.29) is 30.7 Å². The van der Waals surface area contributed by atoms with Crippen LogP contribution in [0.4, 0.5) is 0 Å². The van der Waals surface area contributed by atoms with Gasteiger partial charge in [-0.05, 0) is 43.6 Å². The number of imidazole rings is 1. The van der Waals surface area contributed by atoms with Gasteiger partial charge in [-0.1, -0.05) is 11.6 Å². The lowest BCUT2D eigenvalue weighted by Gasteiger charge is -2.08. The maximum absolute atomic E-state index is 11.8. The zero-order valence-corrected chi connectivity index (χ0v) is 15.0. The van der Waals surface area contributed by atoms with E-state index < -0.39 is 0 Å². The average molecular weight is 380 g/mol. The molecule has 23 heavy (non-hydrogen) atoms. The van der Waals surface area contributed by atoms with Gasteiger partial charge in [0.1, 0.15) is 5.82 Å². The van der Waals surface area contributed by atoms with E-state index >= 15 is 0 Å². The maximum Gasteiger partial charge on any atom is 0.220 e. The van der Waals surface area contributed by atoms with Crippen molar-refractivity contribution >= 4 is 53.4 Å². The highest BCUT2D eigenvalue weighted by Crippen LogP contribution is 2.17. The predicted molar refractivity (Wildman–Crippen MR) is 97.9 cm³/mol. The van der Waals surface area contributed by atoms with Crippen LogP contribution in [0.15, 0.2) is 18.2 Å². The van der Waals surface area contributed by atoms with E-state index in [1.54, 1.807) is 0 Å². The van der Waals surface area contributed by atoms with Gasteiger partial charge < -0.3 is 15.6 Å². The maximum atomic E-state index is 11.8. The third-order valence-corrected chi connectivity index (χ3v) is 4.05. The van der Waals surface area contributed by atoms with Gasteiger partial charge >= 0.3 is 0 Å². The first kappa shape index (κ1) is 20.0. The van der Waals surface area contributed by atoms with Gasteiger partial charge in [0, 0.05) is 24.4 Å². The third-order valence-electron chi connectivity index (χ3n) is 3.81. The van der Waals surface area contributed by atoms with Gasteiger partial charge in [-0.2, -0.15) is 0 Å². The molecule has 1 unspecified atom stereocenters. The second-order valence-corrected chi connectivity index (χ2v) is 5.94. The third kappa shape index (κ3) is 5.53. The number of nitrogens with one attached hydrogen (secondary N) is 3. The summed E-state index contributed by atoms with van der Waals surface area (Å²) in [6.07, 6.45) is 2.40. The Kier molecular flexibility index (Phi) is 8.12. The van der Waals surface area contributed by atoms with Gasteiger partial charge in [0.2, 0.25) is 5.91 Å². The van der Waals surface area contributed by atoms with Crippen molar-refractivity contribution in [1.29, 1.82) is 0 Å². The lowest BCUT2D eigenvalue weighted by Crippen LogP contribution is -2.28. The quantitative estimate of drug-likeness (QED) is 0.748. The standard InChI is InChI=1S/C15H19ClN4O.2ClH/c16-11-1-2-12-13(8-11)20-14(19-12)4-6-18-15(21)7-10-3-5-17-9-10;;/h1-2,8,10,17H,3-7,9H2,(H,18,21)(H,19,20);2*1H. The number of carbonyl (C=O) groups is 1. The molecule has 128 valence electrons. The number of aromatic nitrogens is 2. The number of carbonyl (C=O) groups excluding carboxylic acids is 1. The predicted octanol–water partition coefficient (Wildman–Crippen LogP) is 2.72. The van der Waals surface area contributed by atoms with Crippen LogP contribution in [0.2, 0.25) is 5.02 Å². The molecule has 1 aliphatic rings. The van der Waals surface area contributed by atoms with Gasteiger partial charge in [0.05, 0.1) is 11.0 Å². The highest BCUT2D eigenvalue weighted by Gasteiger charge is 2.17. The van der Waals surface area contributed by atoms with Gasteiger partial charge in [-0.3, -0.25) is 4.79 Å².